The lowest BCUT2D eigenvalue weighted by Crippen LogP contribution is -2.31. The Labute approximate surface area is 91.7 Å². The van der Waals surface area contributed by atoms with Crippen LogP contribution in [-0.2, 0) is 4.79 Å². The molecule has 1 aromatic heterocycles. The molecule has 0 unspecified atom stereocenters. The lowest BCUT2D eigenvalue weighted by atomic mass is 10.5. The maximum absolute atomic E-state index is 11.6. The van der Waals surface area contributed by atoms with E-state index in [1.54, 1.807) is 5.51 Å². The highest BCUT2D eigenvalue weighted by Crippen LogP contribution is 2.18. The predicted octanol–water partition coefficient (Wildman–Crippen LogP) is 1.50. The molecule has 0 aromatic carbocycles. The molecule has 14 heavy (non-hydrogen) atoms. The van der Waals surface area contributed by atoms with Crippen LogP contribution < -0.4 is 0 Å². The summed E-state index contributed by atoms with van der Waals surface area (Å²) in [6.45, 7) is 5.51. The Morgan fingerprint density at radius 1 is 1.57 bits per heavy atom. The summed E-state index contributed by atoms with van der Waals surface area (Å²) in [5, 5.41) is 7.57. The smallest absolute Gasteiger partial charge is 0.233 e. The number of nitrogens with zero attached hydrogens (tertiary/aromatic N) is 3. The van der Waals surface area contributed by atoms with Crippen molar-refractivity contribution in [3.05, 3.63) is 5.51 Å². The summed E-state index contributed by atoms with van der Waals surface area (Å²) in [7, 11) is 0. The van der Waals surface area contributed by atoms with Gasteiger partial charge in [0.1, 0.15) is 5.51 Å². The summed E-state index contributed by atoms with van der Waals surface area (Å²) in [6.07, 6.45) is 0. The molecule has 1 heterocycles. The number of rotatable bonds is 5. The number of amides is 1. The maximum Gasteiger partial charge on any atom is 0.233 e. The Morgan fingerprint density at radius 3 is 2.79 bits per heavy atom. The quantitative estimate of drug-likeness (QED) is 0.720. The second-order valence-corrected chi connectivity index (χ2v) is 4.62. The first-order chi connectivity index (χ1) is 6.77. The van der Waals surface area contributed by atoms with E-state index in [0.29, 0.717) is 5.75 Å². The summed E-state index contributed by atoms with van der Waals surface area (Å²) in [5.74, 6) is 0.617. The van der Waals surface area contributed by atoms with Crippen LogP contribution in [0.15, 0.2) is 9.85 Å². The summed E-state index contributed by atoms with van der Waals surface area (Å²) >= 11 is 2.91. The van der Waals surface area contributed by atoms with E-state index in [2.05, 4.69) is 10.2 Å². The Bertz CT molecular complexity index is 272. The van der Waals surface area contributed by atoms with E-state index >= 15 is 0 Å². The largest absolute Gasteiger partial charge is 0.343 e. The number of aromatic nitrogens is 2. The van der Waals surface area contributed by atoms with Crippen molar-refractivity contribution in [3.8, 4) is 0 Å². The molecule has 1 rings (SSSR count). The van der Waals surface area contributed by atoms with Gasteiger partial charge in [-0.3, -0.25) is 4.79 Å². The van der Waals surface area contributed by atoms with Crippen molar-refractivity contribution in [2.75, 3.05) is 18.8 Å². The third kappa shape index (κ3) is 3.26. The van der Waals surface area contributed by atoms with Crippen LogP contribution in [0.1, 0.15) is 13.8 Å². The second kappa shape index (κ2) is 5.98. The average molecular weight is 231 g/mol. The molecule has 1 aromatic rings. The second-order valence-electron chi connectivity index (χ2n) is 2.56. The van der Waals surface area contributed by atoms with Gasteiger partial charge in [0, 0.05) is 13.1 Å². The van der Waals surface area contributed by atoms with E-state index in [9.17, 15) is 4.79 Å². The molecule has 0 atom stereocenters. The highest BCUT2D eigenvalue weighted by atomic mass is 32.2. The summed E-state index contributed by atoms with van der Waals surface area (Å²) in [4.78, 5) is 13.4. The van der Waals surface area contributed by atoms with E-state index in [4.69, 9.17) is 0 Å². The van der Waals surface area contributed by atoms with Crippen molar-refractivity contribution in [2.24, 2.45) is 0 Å². The van der Waals surface area contributed by atoms with Crippen LogP contribution in [0.5, 0.6) is 0 Å². The zero-order chi connectivity index (χ0) is 10.4. The van der Waals surface area contributed by atoms with Crippen molar-refractivity contribution in [3.63, 3.8) is 0 Å². The topological polar surface area (TPSA) is 46.1 Å². The van der Waals surface area contributed by atoms with Gasteiger partial charge < -0.3 is 4.90 Å². The summed E-state index contributed by atoms with van der Waals surface area (Å²) in [6, 6.07) is 0. The van der Waals surface area contributed by atoms with Crippen molar-refractivity contribution in [1.29, 1.82) is 0 Å². The number of carbonyl (C=O) groups excluding carboxylic acids is 1. The molecule has 0 aliphatic carbocycles. The van der Waals surface area contributed by atoms with Gasteiger partial charge in [0.05, 0.1) is 5.75 Å². The molecule has 0 N–H and O–H groups in total. The monoisotopic (exact) mass is 231 g/mol. The fourth-order valence-electron chi connectivity index (χ4n) is 1.02. The lowest BCUT2D eigenvalue weighted by molar-refractivity contribution is -0.127. The van der Waals surface area contributed by atoms with Gasteiger partial charge in [0.15, 0.2) is 4.34 Å². The van der Waals surface area contributed by atoms with Gasteiger partial charge >= 0.3 is 0 Å². The highest BCUT2D eigenvalue weighted by molar-refractivity contribution is 8.01. The molecule has 6 heteroatoms. The van der Waals surface area contributed by atoms with E-state index in [1.165, 1.54) is 23.1 Å². The molecule has 0 aliphatic rings. The Balaban J connectivity index is 2.34. The number of carbonyl (C=O) groups is 1. The van der Waals surface area contributed by atoms with Crippen molar-refractivity contribution >= 4 is 29.0 Å². The lowest BCUT2D eigenvalue weighted by Gasteiger charge is -2.17. The Morgan fingerprint density at radius 2 is 2.29 bits per heavy atom. The third-order valence-electron chi connectivity index (χ3n) is 1.78. The van der Waals surface area contributed by atoms with E-state index in [1.807, 2.05) is 18.7 Å². The molecule has 0 bridgehead atoms. The van der Waals surface area contributed by atoms with Crippen molar-refractivity contribution in [1.82, 2.24) is 15.1 Å². The first-order valence-corrected chi connectivity index (χ1v) is 6.31. The standard InChI is InChI=1S/C8H13N3OS2/c1-3-11(4-2)7(12)5-13-8-10-9-6-14-8/h6H,3-5H2,1-2H3. The van der Waals surface area contributed by atoms with Gasteiger partial charge in [-0.2, -0.15) is 0 Å². The zero-order valence-corrected chi connectivity index (χ0v) is 9.90. The van der Waals surface area contributed by atoms with Gasteiger partial charge in [-0.15, -0.1) is 10.2 Å². The number of thioether (sulfide) groups is 1. The minimum absolute atomic E-state index is 0.162. The van der Waals surface area contributed by atoms with E-state index in [-0.39, 0.29) is 5.91 Å². The van der Waals surface area contributed by atoms with Gasteiger partial charge in [0.25, 0.3) is 0 Å². The molecule has 0 radical (unpaired) electrons. The number of hydrogen-bond donors (Lipinski definition) is 0. The van der Waals surface area contributed by atoms with Crippen LogP contribution in [-0.4, -0.2) is 39.8 Å². The minimum atomic E-state index is 0.162. The first-order valence-electron chi connectivity index (χ1n) is 4.44. The molecule has 0 saturated carbocycles. The molecule has 1 amide bonds. The Kier molecular flexibility index (Phi) is 4.89. The molecule has 0 fully saturated rings. The van der Waals surface area contributed by atoms with Gasteiger partial charge in [-0.25, -0.2) is 0 Å². The Hall–Kier alpha value is -0.620. The molecular formula is C8H13N3OS2. The average Bonchev–Trinajstić information content (AvgIpc) is 2.69. The molecule has 0 spiro atoms. The first kappa shape index (κ1) is 11.5. The number of hydrogen-bond acceptors (Lipinski definition) is 5. The van der Waals surface area contributed by atoms with Crippen LogP contribution in [0.25, 0.3) is 0 Å². The van der Waals surface area contributed by atoms with E-state index in [0.717, 1.165) is 17.4 Å². The van der Waals surface area contributed by atoms with Crippen LogP contribution in [0.4, 0.5) is 0 Å². The molecule has 4 nitrogen and oxygen atoms in total. The van der Waals surface area contributed by atoms with E-state index < -0.39 is 0 Å². The zero-order valence-electron chi connectivity index (χ0n) is 8.27. The van der Waals surface area contributed by atoms with Gasteiger partial charge in [0.2, 0.25) is 5.91 Å². The molecule has 0 saturated heterocycles. The molecule has 0 aliphatic heterocycles. The van der Waals surface area contributed by atoms with Gasteiger partial charge in [-0.1, -0.05) is 23.1 Å². The van der Waals surface area contributed by atoms with Crippen molar-refractivity contribution in [2.45, 2.75) is 18.2 Å². The van der Waals surface area contributed by atoms with Crippen LogP contribution in [0, 0.1) is 0 Å². The maximum atomic E-state index is 11.6. The molecular weight excluding hydrogens is 218 g/mol. The minimum Gasteiger partial charge on any atom is -0.343 e. The molecule has 78 valence electrons. The predicted molar refractivity (Wildman–Crippen MR) is 58.6 cm³/mol. The summed E-state index contributed by atoms with van der Waals surface area (Å²) in [5.41, 5.74) is 1.67. The van der Waals surface area contributed by atoms with Crippen LogP contribution >= 0.6 is 23.1 Å². The fraction of sp³-hybridized carbons (Fsp3) is 0.625. The highest BCUT2D eigenvalue weighted by Gasteiger charge is 2.10. The van der Waals surface area contributed by atoms with Gasteiger partial charge in [-0.05, 0) is 13.8 Å². The van der Waals surface area contributed by atoms with Crippen LogP contribution in [0.2, 0.25) is 0 Å². The van der Waals surface area contributed by atoms with Crippen LogP contribution in [0.3, 0.4) is 0 Å². The van der Waals surface area contributed by atoms with Crippen molar-refractivity contribution < 1.29 is 4.79 Å². The third-order valence-corrected chi connectivity index (χ3v) is 3.62. The fourth-order valence-corrected chi connectivity index (χ4v) is 2.41. The summed E-state index contributed by atoms with van der Waals surface area (Å²) < 4.78 is 0.852. The SMILES string of the molecule is CCN(CC)C(=O)CSc1nncs1. The normalized spacial score (nSPS) is 10.1.